The molecule has 2 N–H and O–H groups in total. The average molecular weight is 568 g/mol. The summed E-state index contributed by atoms with van der Waals surface area (Å²) in [4.78, 5) is 25.9. The largest absolute Gasteiger partial charge is 0.453 e. The van der Waals surface area contributed by atoms with E-state index in [-0.39, 0.29) is 17.1 Å². The molecule has 10 nitrogen and oxygen atoms in total. The Morgan fingerprint density at radius 3 is 2.82 bits per heavy atom. The van der Waals surface area contributed by atoms with Crippen molar-refractivity contribution >= 4 is 46.7 Å². The van der Waals surface area contributed by atoms with Gasteiger partial charge in [-0.1, -0.05) is 22.8 Å². The molecule has 0 saturated carbocycles. The Hall–Kier alpha value is -3.91. The highest BCUT2D eigenvalue weighted by Gasteiger charge is 2.32. The number of ether oxygens (including phenoxy) is 1. The first kappa shape index (κ1) is 27.1. The van der Waals surface area contributed by atoms with Gasteiger partial charge in [-0.2, -0.15) is 13.9 Å². The van der Waals surface area contributed by atoms with Crippen molar-refractivity contribution in [1.82, 2.24) is 25.4 Å². The topological polar surface area (TPSA) is 115 Å². The molecule has 2 aromatic heterocycles. The lowest BCUT2D eigenvalue weighted by Crippen LogP contribution is -2.40. The molecule has 15 heteroatoms. The SMILES string of the molecule is CO/N=C/[C@@H](CC1=C(c2ccn(C(F)F)n2)[C@H](c2ccc(F)cc2Cl)N=C(c2nccs2)N1)NC(=O)OC. The lowest BCUT2D eigenvalue weighted by Gasteiger charge is -2.29. The highest BCUT2D eigenvalue weighted by molar-refractivity contribution is 7.11. The van der Waals surface area contributed by atoms with Crippen LogP contribution >= 0.6 is 22.9 Å². The number of alkyl halides is 2. The Morgan fingerprint density at radius 1 is 1.37 bits per heavy atom. The smallest absolute Gasteiger partial charge is 0.407 e. The summed E-state index contributed by atoms with van der Waals surface area (Å²) in [6.45, 7) is -2.88. The first-order valence-corrected chi connectivity index (χ1v) is 12.2. The zero-order valence-corrected chi connectivity index (χ0v) is 21.5. The van der Waals surface area contributed by atoms with E-state index < -0.39 is 30.5 Å². The number of hydrogen-bond acceptors (Lipinski definition) is 9. The number of hydrogen-bond donors (Lipinski definition) is 2. The number of alkyl carbamates (subject to hydrolysis) is 1. The lowest BCUT2D eigenvalue weighted by molar-refractivity contribution is 0.0564. The minimum atomic E-state index is -2.88. The van der Waals surface area contributed by atoms with Crippen molar-refractivity contribution in [3.05, 3.63) is 74.8 Å². The van der Waals surface area contributed by atoms with Gasteiger partial charge in [-0.3, -0.25) is 4.99 Å². The molecular formula is C23H21ClF3N7O3S. The molecular weight excluding hydrogens is 547 g/mol. The van der Waals surface area contributed by atoms with Gasteiger partial charge in [0.1, 0.15) is 19.0 Å². The van der Waals surface area contributed by atoms with Gasteiger partial charge in [0.15, 0.2) is 10.8 Å². The Bertz CT molecular complexity index is 1380. The summed E-state index contributed by atoms with van der Waals surface area (Å²) in [5, 5.41) is 16.0. The van der Waals surface area contributed by atoms with Gasteiger partial charge in [0.05, 0.1) is 25.1 Å². The van der Waals surface area contributed by atoms with Gasteiger partial charge in [0, 0.05) is 46.1 Å². The second-order valence-corrected chi connectivity index (χ2v) is 9.04. The van der Waals surface area contributed by atoms with Crippen LogP contribution in [0.5, 0.6) is 0 Å². The summed E-state index contributed by atoms with van der Waals surface area (Å²) >= 11 is 7.74. The van der Waals surface area contributed by atoms with Crippen molar-refractivity contribution in [2.45, 2.75) is 25.1 Å². The molecule has 0 bridgehead atoms. The zero-order valence-electron chi connectivity index (χ0n) is 19.9. The minimum absolute atomic E-state index is 0.0541. The van der Waals surface area contributed by atoms with Crippen molar-refractivity contribution in [2.75, 3.05) is 14.2 Å². The van der Waals surface area contributed by atoms with Crippen LogP contribution in [0, 0.1) is 5.82 Å². The number of carbonyl (C=O) groups excluding carboxylic acids is 1. The number of rotatable bonds is 9. The Labute approximate surface area is 223 Å². The highest BCUT2D eigenvalue weighted by Crippen LogP contribution is 2.41. The first-order valence-electron chi connectivity index (χ1n) is 11.0. The van der Waals surface area contributed by atoms with Crippen LogP contribution in [0.1, 0.15) is 35.3 Å². The van der Waals surface area contributed by atoms with Gasteiger partial charge >= 0.3 is 12.6 Å². The van der Waals surface area contributed by atoms with Crippen LogP contribution < -0.4 is 10.6 Å². The van der Waals surface area contributed by atoms with Gasteiger partial charge in [0.2, 0.25) is 0 Å². The van der Waals surface area contributed by atoms with Crippen LogP contribution in [0.3, 0.4) is 0 Å². The number of thiazole rings is 1. The standard InChI is InChI=1S/C23H21ClF3N7O3S/c1-36-23(35)30-13(11-29-37-2)10-17-18(16-5-7-34(33-16)22(26)27)19(14-4-3-12(25)9-15(14)24)32-20(31-17)21-28-6-8-38-21/h3-9,11,13,19,22H,10H2,1-2H3,(H,30,35)(H,31,32)/b29-11+/t13-,19+/m1/s1. The Kier molecular flexibility index (Phi) is 8.63. The van der Waals surface area contributed by atoms with Crippen LogP contribution in [0.15, 0.2) is 57.9 Å². The molecule has 0 aliphatic carbocycles. The number of amides is 1. The van der Waals surface area contributed by atoms with Crippen molar-refractivity contribution in [2.24, 2.45) is 10.1 Å². The maximum atomic E-state index is 13.9. The van der Waals surface area contributed by atoms with E-state index >= 15 is 0 Å². The van der Waals surface area contributed by atoms with Crippen LogP contribution in [0.4, 0.5) is 18.0 Å². The van der Waals surface area contributed by atoms with Crippen molar-refractivity contribution in [3.63, 3.8) is 0 Å². The molecule has 0 fully saturated rings. The van der Waals surface area contributed by atoms with Gasteiger partial charge in [-0.15, -0.1) is 11.3 Å². The predicted octanol–water partition coefficient (Wildman–Crippen LogP) is 4.78. The van der Waals surface area contributed by atoms with Crippen molar-refractivity contribution < 1.29 is 27.5 Å². The van der Waals surface area contributed by atoms with Crippen LogP contribution in [-0.2, 0) is 9.57 Å². The summed E-state index contributed by atoms with van der Waals surface area (Å²) in [6, 6.07) is 3.58. The quantitative estimate of drug-likeness (QED) is 0.284. The molecule has 0 saturated heterocycles. The zero-order chi connectivity index (χ0) is 27.2. The number of benzene rings is 1. The number of nitrogens with one attached hydrogen (secondary N) is 2. The van der Waals surface area contributed by atoms with Crippen LogP contribution in [0.25, 0.3) is 5.57 Å². The van der Waals surface area contributed by atoms with E-state index in [9.17, 15) is 18.0 Å². The fraction of sp³-hybridized carbons (Fsp3) is 0.261. The summed E-state index contributed by atoms with van der Waals surface area (Å²) < 4.78 is 46.0. The van der Waals surface area contributed by atoms with Crippen LogP contribution in [0.2, 0.25) is 5.02 Å². The maximum Gasteiger partial charge on any atom is 0.407 e. The van der Waals surface area contributed by atoms with Gasteiger partial charge in [-0.25, -0.2) is 18.9 Å². The Balaban J connectivity index is 1.90. The molecule has 0 radical (unpaired) electrons. The fourth-order valence-corrected chi connectivity index (χ4v) is 4.61. The van der Waals surface area contributed by atoms with E-state index in [0.29, 0.717) is 32.4 Å². The molecule has 1 aromatic carbocycles. The monoisotopic (exact) mass is 567 g/mol. The third-order valence-corrected chi connectivity index (χ3v) is 6.47. The first-order chi connectivity index (χ1) is 18.3. The predicted molar refractivity (Wildman–Crippen MR) is 136 cm³/mol. The summed E-state index contributed by atoms with van der Waals surface area (Å²) in [5.74, 6) is -0.194. The van der Waals surface area contributed by atoms with E-state index in [1.54, 1.807) is 11.6 Å². The molecule has 38 heavy (non-hydrogen) atoms. The number of carbonyl (C=O) groups is 1. The molecule has 4 rings (SSSR count). The normalized spacial score (nSPS) is 16.4. The van der Waals surface area contributed by atoms with Gasteiger partial charge < -0.3 is 20.2 Å². The third kappa shape index (κ3) is 6.14. The van der Waals surface area contributed by atoms with Gasteiger partial charge in [0.25, 0.3) is 0 Å². The van der Waals surface area contributed by atoms with E-state index in [0.717, 1.165) is 12.3 Å². The average Bonchev–Trinajstić information content (AvgIpc) is 3.60. The summed E-state index contributed by atoms with van der Waals surface area (Å²) in [5.41, 5.74) is 1.39. The van der Waals surface area contributed by atoms with Gasteiger partial charge in [-0.05, 0) is 18.2 Å². The van der Waals surface area contributed by atoms with Crippen LogP contribution in [-0.4, -0.2) is 53.2 Å². The van der Waals surface area contributed by atoms with E-state index in [1.165, 1.54) is 50.0 Å². The molecule has 200 valence electrons. The number of methoxy groups -OCH3 is 1. The summed E-state index contributed by atoms with van der Waals surface area (Å²) in [6.07, 6.45) is 3.39. The second kappa shape index (κ2) is 12.1. The third-order valence-electron chi connectivity index (χ3n) is 5.36. The molecule has 0 unspecified atom stereocenters. The molecule has 3 aromatic rings. The molecule has 0 spiro atoms. The fourth-order valence-electron chi connectivity index (χ4n) is 3.75. The van der Waals surface area contributed by atoms with E-state index in [4.69, 9.17) is 26.2 Å². The number of nitrogens with zero attached hydrogens (tertiary/aromatic N) is 5. The number of halogens is 4. The Morgan fingerprint density at radius 2 is 2.18 bits per heavy atom. The number of amidine groups is 1. The molecule has 1 aliphatic rings. The number of aliphatic imine (C=N–C) groups is 1. The maximum absolute atomic E-state index is 13.9. The van der Waals surface area contributed by atoms with E-state index in [2.05, 4.69) is 25.9 Å². The lowest BCUT2D eigenvalue weighted by atomic mass is 9.91. The van der Waals surface area contributed by atoms with Crippen molar-refractivity contribution in [3.8, 4) is 0 Å². The number of oxime groups is 1. The highest BCUT2D eigenvalue weighted by atomic mass is 35.5. The second-order valence-electron chi connectivity index (χ2n) is 7.74. The molecule has 3 heterocycles. The molecule has 1 aliphatic heterocycles. The summed E-state index contributed by atoms with van der Waals surface area (Å²) in [7, 11) is 2.55. The van der Waals surface area contributed by atoms with Crippen molar-refractivity contribution in [1.29, 1.82) is 0 Å². The van der Waals surface area contributed by atoms with E-state index in [1.807, 2.05) is 0 Å². The molecule has 2 atom stereocenters. The number of aromatic nitrogens is 3. The minimum Gasteiger partial charge on any atom is -0.453 e. The molecule has 1 amide bonds.